The average Bonchev–Trinajstić information content (AvgIpc) is 2.64. The van der Waals surface area contributed by atoms with Crippen LogP contribution in [0.1, 0.15) is 17.9 Å². The van der Waals surface area contributed by atoms with Crippen LogP contribution in [0.3, 0.4) is 0 Å². The minimum absolute atomic E-state index is 0.000735. The molecule has 0 saturated heterocycles. The highest BCUT2D eigenvalue weighted by atomic mass is 32.2. The smallest absolute Gasteiger partial charge is 0.316 e. The van der Waals surface area contributed by atoms with Gasteiger partial charge in [-0.3, -0.25) is 9.59 Å². The second-order valence-corrected chi connectivity index (χ2v) is 6.12. The Morgan fingerprint density at radius 2 is 2.12 bits per heavy atom. The molecule has 1 heterocycles. The zero-order valence-corrected chi connectivity index (χ0v) is 14.9. The zero-order chi connectivity index (χ0) is 18.4. The molecule has 25 heavy (non-hydrogen) atoms. The second-order valence-electron chi connectivity index (χ2n) is 5.13. The highest BCUT2D eigenvalue weighted by molar-refractivity contribution is 8.03. The highest BCUT2D eigenvalue weighted by Crippen LogP contribution is 2.41. The summed E-state index contributed by atoms with van der Waals surface area (Å²) in [6.07, 6.45) is 0.106. The van der Waals surface area contributed by atoms with Gasteiger partial charge in [0.25, 0.3) is 0 Å². The zero-order valence-electron chi connectivity index (χ0n) is 14.1. The van der Waals surface area contributed by atoms with Gasteiger partial charge in [-0.1, -0.05) is 11.8 Å². The summed E-state index contributed by atoms with van der Waals surface area (Å²) in [5.41, 5.74) is 1.06. The van der Waals surface area contributed by atoms with Crippen LogP contribution in [-0.2, 0) is 14.3 Å². The number of amides is 1. The Morgan fingerprint density at radius 3 is 2.72 bits per heavy atom. The number of carbonyl (C=O) groups is 2. The van der Waals surface area contributed by atoms with Gasteiger partial charge in [0.1, 0.15) is 11.5 Å². The Hall–Kier alpha value is -2.66. The molecule has 132 valence electrons. The second kappa shape index (κ2) is 8.44. The Labute approximate surface area is 149 Å². The van der Waals surface area contributed by atoms with E-state index in [1.807, 2.05) is 0 Å². The summed E-state index contributed by atoms with van der Waals surface area (Å²) in [4.78, 5) is 23.5. The topological polar surface area (TPSA) is 97.7 Å². The number of nitriles is 1. The predicted molar refractivity (Wildman–Crippen MR) is 92.2 cm³/mol. The van der Waals surface area contributed by atoms with E-state index in [9.17, 15) is 14.9 Å². The molecule has 0 bridgehead atoms. The van der Waals surface area contributed by atoms with Gasteiger partial charge in [-0.25, -0.2) is 0 Å². The molecule has 1 aromatic carbocycles. The molecule has 0 radical (unpaired) electrons. The van der Waals surface area contributed by atoms with E-state index in [2.05, 4.69) is 16.1 Å². The maximum Gasteiger partial charge on any atom is 0.316 e. The average molecular weight is 362 g/mol. The fourth-order valence-corrected chi connectivity index (χ4v) is 3.41. The first-order valence-electron chi connectivity index (χ1n) is 7.39. The molecule has 2 rings (SSSR count). The number of esters is 1. The summed E-state index contributed by atoms with van der Waals surface area (Å²) in [5.74, 6) is 0.00270. The molecule has 1 N–H and O–H groups in total. The number of carbonyl (C=O) groups excluding carboxylic acids is 2. The lowest BCUT2D eigenvalue weighted by Crippen LogP contribution is -2.31. The first kappa shape index (κ1) is 18.7. The van der Waals surface area contributed by atoms with Gasteiger partial charge < -0.3 is 19.5 Å². The van der Waals surface area contributed by atoms with Crippen molar-refractivity contribution < 1.29 is 23.8 Å². The fourth-order valence-electron chi connectivity index (χ4n) is 2.50. The van der Waals surface area contributed by atoms with Gasteiger partial charge in [0, 0.05) is 17.9 Å². The number of rotatable bonds is 6. The Balaban J connectivity index is 2.46. The van der Waals surface area contributed by atoms with E-state index in [4.69, 9.17) is 9.47 Å². The first-order valence-corrected chi connectivity index (χ1v) is 8.38. The molecule has 0 aliphatic carbocycles. The van der Waals surface area contributed by atoms with Crippen LogP contribution in [0.5, 0.6) is 11.5 Å². The van der Waals surface area contributed by atoms with Gasteiger partial charge in [0.05, 0.1) is 43.8 Å². The van der Waals surface area contributed by atoms with E-state index in [-0.39, 0.29) is 18.1 Å². The van der Waals surface area contributed by atoms with Crippen molar-refractivity contribution in [2.75, 3.05) is 27.1 Å². The third-order valence-corrected chi connectivity index (χ3v) is 4.72. The Morgan fingerprint density at radius 1 is 1.36 bits per heavy atom. The normalized spacial score (nSPS) is 16.7. The number of benzene rings is 1. The molecular formula is C17H18N2O5S. The van der Waals surface area contributed by atoms with Crippen molar-refractivity contribution in [1.82, 2.24) is 5.32 Å². The van der Waals surface area contributed by atoms with Crippen LogP contribution in [0.15, 0.2) is 28.8 Å². The summed E-state index contributed by atoms with van der Waals surface area (Å²) in [6, 6.07) is 7.38. The van der Waals surface area contributed by atoms with Crippen LogP contribution in [0, 0.1) is 11.3 Å². The van der Waals surface area contributed by atoms with E-state index < -0.39 is 11.9 Å². The van der Waals surface area contributed by atoms with Crippen molar-refractivity contribution in [2.24, 2.45) is 0 Å². The standard InChI is InChI=1S/C17H18N2O5S/c1-22-10-4-5-14(23-2)12(6-10)11-7-15(20)19-17(13(11)8-18)25-9-16(21)24-3/h4-6,11H,7,9H2,1-3H3,(H,19,20). The highest BCUT2D eigenvalue weighted by Gasteiger charge is 2.32. The minimum atomic E-state index is -0.482. The summed E-state index contributed by atoms with van der Waals surface area (Å²) in [7, 11) is 4.35. The number of ether oxygens (including phenoxy) is 3. The van der Waals surface area contributed by atoms with Crippen LogP contribution in [-0.4, -0.2) is 39.0 Å². The van der Waals surface area contributed by atoms with Gasteiger partial charge in [-0.15, -0.1) is 0 Å². The summed E-state index contributed by atoms with van der Waals surface area (Å²) < 4.78 is 15.2. The molecule has 0 fully saturated rings. The quantitative estimate of drug-likeness (QED) is 0.772. The van der Waals surface area contributed by atoms with Crippen LogP contribution in [0.2, 0.25) is 0 Å². The molecule has 1 unspecified atom stereocenters. The largest absolute Gasteiger partial charge is 0.497 e. The molecule has 0 saturated carbocycles. The Bertz CT molecular complexity index is 754. The van der Waals surface area contributed by atoms with Gasteiger partial charge in [0.15, 0.2) is 0 Å². The number of allylic oxidation sites excluding steroid dienone is 1. The van der Waals surface area contributed by atoms with Gasteiger partial charge >= 0.3 is 5.97 Å². The van der Waals surface area contributed by atoms with Crippen molar-refractivity contribution in [3.05, 3.63) is 34.4 Å². The van der Waals surface area contributed by atoms with E-state index in [1.54, 1.807) is 18.2 Å². The van der Waals surface area contributed by atoms with E-state index in [0.29, 0.717) is 27.7 Å². The number of methoxy groups -OCH3 is 3. The van der Waals surface area contributed by atoms with Crippen LogP contribution in [0.25, 0.3) is 0 Å². The monoisotopic (exact) mass is 362 g/mol. The van der Waals surface area contributed by atoms with E-state index in [0.717, 1.165) is 11.8 Å². The van der Waals surface area contributed by atoms with Crippen LogP contribution >= 0.6 is 11.8 Å². The molecule has 7 nitrogen and oxygen atoms in total. The summed E-state index contributed by atoms with van der Waals surface area (Å²) >= 11 is 1.07. The molecule has 8 heteroatoms. The summed E-state index contributed by atoms with van der Waals surface area (Å²) in [6.45, 7) is 0. The molecule has 1 aromatic rings. The van der Waals surface area contributed by atoms with E-state index in [1.165, 1.54) is 21.3 Å². The number of hydrogen-bond acceptors (Lipinski definition) is 7. The Kier molecular flexibility index (Phi) is 6.31. The number of nitrogens with zero attached hydrogens (tertiary/aromatic N) is 1. The van der Waals surface area contributed by atoms with Crippen molar-refractivity contribution in [3.63, 3.8) is 0 Å². The lowest BCUT2D eigenvalue weighted by atomic mass is 9.86. The van der Waals surface area contributed by atoms with Crippen molar-refractivity contribution in [1.29, 1.82) is 5.26 Å². The predicted octanol–water partition coefficient (Wildman–Crippen LogP) is 1.95. The molecule has 1 atom stereocenters. The van der Waals surface area contributed by atoms with Gasteiger partial charge in [-0.05, 0) is 18.2 Å². The maximum absolute atomic E-state index is 12.1. The fraction of sp³-hybridized carbons (Fsp3) is 0.353. The summed E-state index contributed by atoms with van der Waals surface area (Å²) in [5, 5.41) is 12.7. The van der Waals surface area contributed by atoms with Crippen molar-refractivity contribution >= 4 is 23.6 Å². The molecule has 0 spiro atoms. The minimum Gasteiger partial charge on any atom is -0.497 e. The lowest BCUT2D eigenvalue weighted by molar-refractivity contribution is -0.137. The maximum atomic E-state index is 12.1. The first-order chi connectivity index (χ1) is 12.0. The molecule has 0 aromatic heterocycles. The third-order valence-electron chi connectivity index (χ3n) is 3.73. The molecule has 1 aliphatic heterocycles. The molecule has 1 aliphatic rings. The third kappa shape index (κ3) is 4.25. The molecular weight excluding hydrogens is 344 g/mol. The SMILES string of the molecule is COC(=O)CSC1=C(C#N)C(c2cc(OC)ccc2OC)CC(=O)N1. The van der Waals surface area contributed by atoms with Crippen LogP contribution in [0.4, 0.5) is 0 Å². The lowest BCUT2D eigenvalue weighted by Gasteiger charge is -2.26. The van der Waals surface area contributed by atoms with Crippen molar-refractivity contribution in [2.45, 2.75) is 12.3 Å². The van der Waals surface area contributed by atoms with Crippen molar-refractivity contribution in [3.8, 4) is 17.6 Å². The van der Waals surface area contributed by atoms with Gasteiger partial charge in [-0.2, -0.15) is 5.26 Å². The van der Waals surface area contributed by atoms with Crippen LogP contribution < -0.4 is 14.8 Å². The number of thioether (sulfide) groups is 1. The number of hydrogen-bond donors (Lipinski definition) is 1. The van der Waals surface area contributed by atoms with E-state index >= 15 is 0 Å². The number of nitrogens with one attached hydrogen (secondary N) is 1. The van der Waals surface area contributed by atoms with Gasteiger partial charge in [0.2, 0.25) is 5.91 Å². The molecule has 1 amide bonds.